The second-order valence-electron chi connectivity index (χ2n) is 4.81. The molecule has 0 aromatic heterocycles. The topological polar surface area (TPSA) is 116 Å². The van der Waals surface area contributed by atoms with Gasteiger partial charge in [-0.15, -0.1) is 0 Å². The van der Waals surface area contributed by atoms with Gasteiger partial charge < -0.3 is 4.74 Å². The molecule has 0 amide bonds. The summed E-state index contributed by atoms with van der Waals surface area (Å²) in [6.07, 6.45) is 0. The number of methoxy groups -OCH3 is 1. The minimum atomic E-state index is -3.95. The van der Waals surface area contributed by atoms with Crippen molar-refractivity contribution < 1.29 is 21.6 Å². The molecule has 7 nitrogen and oxygen atoms in total. The van der Waals surface area contributed by atoms with Crippen LogP contribution in [0.25, 0.3) is 0 Å². The van der Waals surface area contributed by atoms with Gasteiger partial charge in [0.15, 0.2) is 0 Å². The summed E-state index contributed by atoms with van der Waals surface area (Å²) in [4.78, 5) is -0.428. The zero-order valence-corrected chi connectivity index (χ0v) is 13.1. The van der Waals surface area contributed by atoms with Crippen LogP contribution in [0.1, 0.15) is 13.8 Å². The highest BCUT2D eigenvalue weighted by atomic mass is 32.2. The molecule has 0 spiro atoms. The Bertz CT molecular complexity index is 681. The average Bonchev–Trinajstić information content (AvgIpc) is 2.36. The van der Waals surface area contributed by atoms with Gasteiger partial charge in [-0.05, 0) is 32.0 Å². The maximum atomic E-state index is 12.1. The summed E-state index contributed by atoms with van der Waals surface area (Å²) in [7, 11) is -6.32. The van der Waals surface area contributed by atoms with Gasteiger partial charge in [-0.25, -0.2) is 26.7 Å². The largest absolute Gasteiger partial charge is 0.377 e. The van der Waals surface area contributed by atoms with Crippen molar-refractivity contribution >= 4 is 20.0 Å². The first-order chi connectivity index (χ1) is 8.98. The number of ether oxygens (including phenoxy) is 1. The van der Waals surface area contributed by atoms with Crippen molar-refractivity contribution in [3.05, 3.63) is 24.3 Å². The number of benzene rings is 1. The molecule has 20 heavy (non-hydrogen) atoms. The monoisotopic (exact) mass is 322 g/mol. The number of nitrogens with one attached hydrogen (secondary N) is 1. The molecule has 0 aliphatic carbocycles. The molecule has 0 radical (unpaired) electrons. The third kappa shape index (κ3) is 4.53. The highest BCUT2D eigenvalue weighted by Crippen LogP contribution is 2.15. The summed E-state index contributed by atoms with van der Waals surface area (Å²) in [5, 5.41) is 4.97. The summed E-state index contributed by atoms with van der Waals surface area (Å²) in [6, 6.07) is 4.84. The van der Waals surface area contributed by atoms with Gasteiger partial charge in [0.25, 0.3) is 0 Å². The predicted molar refractivity (Wildman–Crippen MR) is 74.1 cm³/mol. The third-order valence-corrected chi connectivity index (χ3v) is 4.99. The number of nitrogens with two attached hydrogens (primary N) is 1. The molecule has 0 aliphatic rings. The van der Waals surface area contributed by atoms with Crippen LogP contribution in [-0.2, 0) is 24.8 Å². The Morgan fingerprint density at radius 3 is 2.25 bits per heavy atom. The van der Waals surface area contributed by atoms with E-state index in [9.17, 15) is 16.8 Å². The smallest absolute Gasteiger partial charge is 0.240 e. The van der Waals surface area contributed by atoms with Crippen molar-refractivity contribution in [1.82, 2.24) is 4.72 Å². The molecule has 1 aromatic carbocycles. The Labute approximate surface area is 119 Å². The number of hydrogen-bond acceptors (Lipinski definition) is 5. The molecule has 3 N–H and O–H groups in total. The molecular weight excluding hydrogens is 304 g/mol. The first-order valence-electron chi connectivity index (χ1n) is 5.66. The molecule has 0 saturated carbocycles. The van der Waals surface area contributed by atoms with Crippen LogP contribution in [-0.4, -0.2) is 36.1 Å². The second kappa shape index (κ2) is 5.78. The van der Waals surface area contributed by atoms with Crippen molar-refractivity contribution in [2.24, 2.45) is 5.14 Å². The van der Waals surface area contributed by atoms with Crippen LogP contribution < -0.4 is 9.86 Å². The van der Waals surface area contributed by atoms with E-state index >= 15 is 0 Å². The van der Waals surface area contributed by atoms with Crippen molar-refractivity contribution in [3.8, 4) is 0 Å². The lowest BCUT2D eigenvalue weighted by Gasteiger charge is -2.23. The summed E-state index contributed by atoms with van der Waals surface area (Å²) in [5.74, 6) is 0. The standard InChI is InChI=1S/C11H18N2O5S2/c1-11(2,18-3)8-13-20(16,17)10-6-4-5-9(7-10)19(12,14)15/h4-7,13H,8H2,1-3H3,(H2,12,14,15). The lowest BCUT2D eigenvalue weighted by Crippen LogP contribution is -2.39. The molecule has 1 rings (SSSR count). The van der Waals surface area contributed by atoms with E-state index in [1.807, 2.05) is 0 Å². The van der Waals surface area contributed by atoms with Crippen molar-refractivity contribution in [2.75, 3.05) is 13.7 Å². The molecule has 0 bridgehead atoms. The van der Waals surface area contributed by atoms with Gasteiger partial charge in [-0.3, -0.25) is 0 Å². The van der Waals surface area contributed by atoms with Crippen LogP contribution in [0.2, 0.25) is 0 Å². The summed E-state index contributed by atoms with van der Waals surface area (Å²) in [6.45, 7) is 3.48. The van der Waals surface area contributed by atoms with Crippen molar-refractivity contribution in [2.45, 2.75) is 29.2 Å². The van der Waals surface area contributed by atoms with E-state index in [-0.39, 0.29) is 16.3 Å². The van der Waals surface area contributed by atoms with E-state index in [1.54, 1.807) is 13.8 Å². The predicted octanol–water partition coefficient (Wildman–Crippen LogP) is 0.0373. The number of hydrogen-bond donors (Lipinski definition) is 2. The lowest BCUT2D eigenvalue weighted by atomic mass is 10.1. The lowest BCUT2D eigenvalue weighted by molar-refractivity contribution is 0.0276. The zero-order chi connectivity index (χ0) is 15.6. The molecule has 0 atom stereocenters. The first-order valence-corrected chi connectivity index (χ1v) is 8.69. The number of primary sulfonamides is 1. The Hall–Kier alpha value is -1.00. The van der Waals surface area contributed by atoms with Crippen LogP contribution in [0.15, 0.2) is 34.1 Å². The second-order valence-corrected chi connectivity index (χ2v) is 8.14. The van der Waals surface area contributed by atoms with Crippen molar-refractivity contribution in [3.63, 3.8) is 0 Å². The van der Waals surface area contributed by atoms with Crippen LogP contribution in [0.3, 0.4) is 0 Å². The summed E-state index contributed by atoms with van der Waals surface area (Å²) in [5.41, 5.74) is -0.676. The van der Waals surface area contributed by atoms with Gasteiger partial charge in [0.05, 0.1) is 15.4 Å². The van der Waals surface area contributed by atoms with E-state index in [4.69, 9.17) is 9.88 Å². The maximum Gasteiger partial charge on any atom is 0.240 e. The molecule has 0 fully saturated rings. The highest BCUT2D eigenvalue weighted by molar-refractivity contribution is 7.90. The fraction of sp³-hybridized carbons (Fsp3) is 0.455. The fourth-order valence-corrected chi connectivity index (χ4v) is 3.12. The van der Waals surface area contributed by atoms with Crippen LogP contribution in [0.5, 0.6) is 0 Å². The minimum absolute atomic E-state index is 0.0471. The van der Waals surface area contributed by atoms with E-state index in [1.165, 1.54) is 25.3 Å². The van der Waals surface area contributed by atoms with Crippen molar-refractivity contribution in [1.29, 1.82) is 0 Å². The Morgan fingerprint density at radius 1 is 1.20 bits per heavy atom. The van der Waals surface area contributed by atoms with Gasteiger partial charge in [-0.2, -0.15) is 0 Å². The Morgan fingerprint density at radius 2 is 1.75 bits per heavy atom. The molecule has 0 heterocycles. The molecule has 0 unspecified atom stereocenters. The summed E-state index contributed by atoms with van der Waals surface area (Å²) < 4.78 is 54.0. The van der Waals surface area contributed by atoms with Gasteiger partial charge in [-0.1, -0.05) is 6.07 Å². The molecule has 9 heteroatoms. The van der Waals surface area contributed by atoms with Crippen LogP contribution in [0, 0.1) is 0 Å². The van der Waals surface area contributed by atoms with Crippen LogP contribution in [0.4, 0.5) is 0 Å². The van der Waals surface area contributed by atoms with E-state index in [0.29, 0.717) is 0 Å². The van der Waals surface area contributed by atoms with Gasteiger partial charge in [0.1, 0.15) is 0 Å². The van der Waals surface area contributed by atoms with Gasteiger partial charge in [0, 0.05) is 13.7 Å². The zero-order valence-electron chi connectivity index (χ0n) is 11.5. The van der Waals surface area contributed by atoms with E-state index in [0.717, 1.165) is 6.07 Å². The quantitative estimate of drug-likeness (QED) is 0.767. The van der Waals surface area contributed by atoms with Gasteiger partial charge >= 0.3 is 0 Å². The van der Waals surface area contributed by atoms with E-state index in [2.05, 4.69) is 4.72 Å². The maximum absolute atomic E-state index is 12.1. The molecule has 0 aliphatic heterocycles. The highest BCUT2D eigenvalue weighted by Gasteiger charge is 2.22. The molecule has 1 aromatic rings. The Balaban J connectivity index is 3.05. The minimum Gasteiger partial charge on any atom is -0.377 e. The Kier molecular flexibility index (Phi) is 4.93. The molecule has 0 saturated heterocycles. The SMILES string of the molecule is COC(C)(C)CNS(=O)(=O)c1cccc(S(N)(=O)=O)c1. The number of sulfonamides is 2. The molecular formula is C11H18N2O5S2. The van der Waals surface area contributed by atoms with Crippen LogP contribution >= 0.6 is 0 Å². The fourth-order valence-electron chi connectivity index (χ4n) is 1.24. The number of rotatable bonds is 6. The summed E-state index contributed by atoms with van der Waals surface area (Å²) >= 11 is 0. The van der Waals surface area contributed by atoms with Gasteiger partial charge in [0.2, 0.25) is 20.0 Å². The normalized spacial score (nSPS) is 13.4. The third-order valence-electron chi connectivity index (χ3n) is 2.68. The average molecular weight is 322 g/mol. The van der Waals surface area contributed by atoms with E-state index < -0.39 is 25.6 Å². The molecule has 114 valence electrons. The first kappa shape index (κ1) is 17.1.